The van der Waals surface area contributed by atoms with E-state index in [1.807, 2.05) is 12.1 Å². The number of thiophene rings is 1. The molecule has 0 radical (unpaired) electrons. The minimum absolute atomic E-state index is 0.0223. The van der Waals surface area contributed by atoms with Crippen LogP contribution >= 0.6 is 22.9 Å². The summed E-state index contributed by atoms with van der Waals surface area (Å²) in [6.45, 7) is 0. The quantitative estimate of drug-likeness (QED) is 0.768. The summed E-state index contributed by atoms with van der Waals surface area (Å²) in [5, 5.41) is 0. The van der Waals surface area contributed by atoms with Crippen LogP contribution in [-0.4, -0.2) is 10.8 Å². The van der Waals surface area contributed by atoms with Gasteiger partial charge in [-0.1, -0.05) is 17.7 Å². The Kier molecular flexibility index (Phi) is 3.14. The number of rotatable bonds is 3. The minimum atomic E-state index is 0.0223. The molecule has 2 heterocycles. The fraction of sp³-hybridized carbons (Fsp3) is 0.0909. The highest BCUT2D eigenvalue weighted by Gasteiger charge is 2.09. The molecule has 0 fully saturated rings. The van der Waals surface area contributed by atoms with Crippen LogP contribution in [0.25, 0.3) is 0 Å². The predicted octanol–water partition coefficient (Wildman–Crippen LogP) is 3.22. The molecule has 2 nitrogen and oxygen atoms in total. The van der Waals surface area contributed by atoms with Gasteiger partial charge < -0.3 is 0 Å². The highest BCUT2D eigenvalue weighted by Crippen LogP contribution is 2.22. The summed E-state index contributed by atoms with van der Waals surface area (Å²) in [7, 11) is 0. The first-order valence-electron chi connectivity index (χ1n) is 4.44. The monoisotopic (exact) mass is 237 g/mol. The summed E-state index contributed by atoms with van der Waals surface area (Å²) in [6.07, 6.45) is 1.99. The molecule has 0 N–H and O–H groups in total. The van der Waals surface area contributed by atoms with Crippen molar-refractivity contribution in [3.8, 4) is 0 Å². The molecule has 0 unspecified atom stereocenters. The third kappa shape index (κ3) is 2.64. The van der Waals surface area contributed by atoms with Gasteiger partial charge in [-0.05, 0) is 24.3 Å². The average molecular weight is 238 g/mol. The summed E-state index contributed by atoms with van der Waals surface area (Å²) in [4.78, 5) is 16.7. The van der Waals surface area contributed by atoms with Gasteiger partial charge in [0.15, 0.2) is 5.78 Å². The van der Waals surface area contributed by atoms with Gasteiger partial charge in [-0.2, -0.15) is 0 Å². The van der Waals surface area contributed by atoms with E-state index in [9.17, 15) is 4.79 Å². The van der Waals surface area contributed by atoms with Crippen LogP contribution in [0, 0.1) is 0 Å². The van der Waals surface area contributed by atoms with Crippen LogP contribution in [0.4, 0.5) is 0 Å². The molecule has 2 aromatic heterocycles. The molecule has 76 valence electrons. The third-order valence-electron chi connectivity index (χ3n) is 1.91. The molecule has 0 aromatic carbocycles. The summed E-state index contributed by atoms with van der Waals surface area (Å²) >= 11 is 7.21. The largest absolute Gasteiger partial charge is 0.292 e. The number of hydrogen-bond acceptors (Lipinski definition) is 3. The number of aromatic nitrogens is 1. The summed E-state index contributed by atoms with van der Waals surface area (Å²) in [5.74, 6) is 0.0223. The number of Topliss-reactive ketones (excluding diaryl/α,β-unsaturated/α-hetero) is 1. The Hall–Kier alpha value is -1.19. The molecular formula is C11H8ClNOS. The van der Waals surface area contributed by atoms with Crippen molar-refractivity contribution >= 4 is 28.7 Å². The molecule has 0 atom stereocenters. The number of nitrogens with zero attached hydrogens (tertiary/aromatic N) is 1. The third-order valence-corrected chi connectivity index (χ3v) is 3.15. The number of carbonyl (C=O) groups excluding carboxylic acids is 1. The normalized spacial score (nSPS) is 10.2. The molecular weight excluding hydrogens is 230 g/mol. The Morgan fingerprint density at radius 3 is 2.80 bits per heavy atom. The first-order valence-corrected chi connectivity index (χ1v) is 5.63. The first kappa shape index (κ1) is 10.3. The van der Waals surface area contributed by atoms with Gasteiger partial charge in [-0.25, -0.2) is 0 Å². The average Bonchev–Trinajstić information content (AvgIpc) is 2.65. The molecule has 0 saturated carbocycles. The standard InChI is InChI=1S/C11H8ClNOS/c12-11-5-4-8(15-11)7-10(14)9-3-1-2-6-13-9/h1-6H,7H2. The number of pyridine rings is 1. The molecule has 0 saturated heterocycles. The lowest BCUT2D eigenvalue weighted by atomic mass is 10.2. The Morgan fingerprint density at radius 2 is 2.20 bits per heavy atom. The van der Waals surface area contributed by atoms with Gasteiger partial charge in [-0.15, -0.1) is 11.3 Å². The molecule has 0 aliphatic heterocycles. The van der Waals surface area contributed by atoms with Gasteiger partial charge in [0, 0.05) is 17.5 Å². The lowest BCUT2D eigenvalue weighted by molar-refractivity contribution is 0.0989. The maximum absolute atomic E-state index is 11.7. The fourth-order valence-electron chi connectivity index (χ4n) is 1.22. The number of carbonyl (C=O) groups is 1. The maximum atomic E-state index is 11.7. The second kappa shape index (κ2) is 4.55. The van der Waals surface area contributed by atoms with E-state index in [4.69, 9.17) is 11.6 Å². The van der Waals surface area contributed by atoms with Gasteiger partial charge in [0.05, 0.1) is 4.34 Å². The second-order valence-corrected chi connectivity index (χ2v) is 4.82. The van der Waals surface area contributed by atoms with Crippen molar-refractivity contribution in [2.24, 2.45) is 0 Å². The maximum Gasteiger partial charge on any atom is 0.186 e. The van der Waals surface area contributed by atoms with Crippen LogP contribution in [0.3, 0.4) is 0 Å². The zero-order chi connectivity index (χ0) is 10.7. The van der Waals surface area contributed by atoms with E-state index in [1.54, 1.807) is 24.4 Å². The Bertz CT molecular complexity index is 466. The van der Waals surface area contributed by atoms with Gasteiger partial charge in [0.25, 0.3) is 0 Å². The van der Waals surface area contributed by atoms with Gasteiger partial charge in [0.1, 0.15) is 5.69 Å². The van der Waals surface area contributed by atoms with Crippen molar-refractivity contribution in [1.29, 1.82) is 0 Å². The highest BCUT2D eigenvalue weighted by atomic mass is 35.5. The number of hydrogen-bond donors (Lipinski definition) is 0. The zero-order valence-electron chi connectivity index (χ0n) is 7.81. The molecule has 4 heteroatoms. The van der Waals surface area contributed by atoms with E-state index in [-0.39, 0.29) is 5.78 Å². The van der Waals surface area contributed by atoms with Crippen molar-refractivity contribution in [3.05, 3.63) is 51.4 Å². The van der Waals surface area contributed by atoms with Crippen molar-refractivity contribution in [2.75, 3.05) is 0 Å². The molecule has 15 heavy (non-hydrogen) atoms. The number of halogens is 1. The molecule has 2 aromatic rings. The van der Waals surface area contributed by atoms with Crippen molar-refractivity contribution in [3.63, 3.8) is 0 Å². The first-order chi connectivity index (χ1) is 7.25. The highest BCUT2D eigenvalue weighted by molar-refractivity contribution is 7.16. The molecule has 0 spiro atoms. The molecule has 2 rings (SSSR count). The van der Waals surface area contributed by atoms with Gasteiger partial charge in [-0.3, -0.25) is 9.78 Å². The number of ketones is 1. The van der Waals surface area contributed by atoms with Crippen LogP contribution in [0.15, 0.2) is 36.5 Å². The van der Waals surface area contributed by atoms with Gasteiger partial charge in [0.2, 0.25) is 0 Å². The van der Waals surface area contributed by atoms with E-state index >= 15 is 0 Å². The SMILES string of the molecule is O=C(Cc1ccc(Cl)s1)c1ccccn1. The van der Waals surface area contributed by atoms with Crippen LogP contribution in [0.2, 0.25) is 4.34 Å². The molecule has 0 aliphatic rings. The summed E-state index contributed by atoms with van der Waals surface area (Å²) in [5.41, 5.74) is 0.502. The Labute approximate surface area is 96.5 Å². The lowest BCUT2D eigenvalue weighted by Gasteiger charge is -1.96. The van der Waals surface area contributed by atoms with E-state index in [0.29, 0.717) is 16.5 Å². The lowest BCUT2D eigenvalue weighted by Crippen LogP contribution is -2.03. The predicted molar refractivity (Wildman–Crippen MR) is 61.6 cm³/mol. The van der Waals surface area contributed by atoms with Crippen LogP contribution in [-0.2, 0) is 6.42 Å². The molecule has 0 amide bonds. The fourth-order valence-corrected chi connectivity index (χ4v) is 2.31. The topological polar surface area (TPSA) is 30.0 Å². The van der Waals surface area contributed by atoms with E-state index in [1.165, 1.54) is 11.3 Å². The Balaban J connectivity index is 2.11. The minimum Gasteiger partial charge on any atom is -0.292 e. The van der Waals surface area contributed by atoms with E-state index < -0.39 is 0 Å². The summed E-state index contributed by atoms with van der Waals surface area (Å²) < 4.78 is 0.707. The zero-order valence-corrected chi connectivity index (χ0v) is 9.39. The van der Waals surface area contributed by atoms with E-state index in [2.05, 4.69) is 4.98 Å². The second-order valence-electron chi connectivity index (χ2n) is 3.02. The molecule has 0 aliphatic carbocycles. The van der Waals surface area contributed by atoms with Crippen LogP contribution in [0.1, 0.15) is 15.4 Å². The van der Waals surface area contributed by atoms with Crippen LogP contribution < -0.4 is 0 Å². The van der Waals surface area contributed by atoms with E-state index in [0.717, 1.165) is 4.88 Å². The smallest absolute Gasteiger partial charge is 0.186 e. The van der Waals surface area contributed by atoms with Crippen molar-refractivity contribution in [2.45, 2.75) is 6.42 Å². The van der Waals surface area contributed by atoms with Crippen molar-refractivity contribution < 1.29 is 4.79 Å². The summed E-state index contributed by atoms with van der Waals surface area (Å²) in [6, 6.07) is 8.99. The van der Waals surface area contributed by atoms with Crippen molar-refractivity contribution in [1.82, 2.24) is 4.98 Å². The Morgan fingerprint density at radius 1 is 1.33 bits per heavy atom. The van der Waals surface area contributed by atoms with Crippen LogP contribution in [0.5, 0.6) is 0 Å². The molecule has 0 bridgehead atoms. The van der Waals surface area contributed by atoms with Gasteiger partial charge >= 0.3 is 0 Å².